The van der Waals surface area contributed by atoms with Crippen LogP contribution in [0.4, 0.5) is 0 Å². The molecule has 1 heterocycles. The second kappa shape index (κ2) is 7.17. The van der Waals surface area contributed by atoms with Crippen LogP contribution in [0.5, 0.6) is 0 Å². The predicted molar refractivity (Wildman–Crippen MR) is 60.9 cm³/mol. The third-order valence-electron chi connectivity index (χ3n) is 2.87. The van der Waals surface area contributed by atoms with E-state index < -0.39 is 0 Å². The molecule has 1 saturated heterocycles. The number of hydrogen-bond acceptors (Lipinski definition) is 4. The highest BCUT2D eigenvalue weighted by Gasteiger charge is 2.13. The fourth-order valence-electron chi connectivity index (χ4n) is 1.44. The van der Waals surface area contributed by atoms with Gasteiger partial charge in [-0.15, -0.1) is 0 Å². The lowest BCUT2D eigenvalue weighted by Gasteiger charge is -2.24. The zero-order valence-electron chi connectivity index (χ0n) is 10.2. The van der Waals surface area contributed by atoms with E-state index in [1.165, 1.54) is 0 Å². The van der Waals surface area contributed by atoms with E-state index in [1.807, 2.05) is 0 Å². The Morgan fingerprint density at radius 3 is 2.87 bits per heavy atom. The van der Waals surface area contributed by atoms with Crippen molar-refractivity contribution in [2.45, 2.75) is 32.4 Å². The van der Waals surface area contributed by atoms with Crippen molar-refractivity contribution >= 4 is 0 Å². The van der Waals surface area contributed by atoms with Crippen molar-refractivity contribution in [2.75, 3.05) is 40.1 Å². The quantitative estimate of drug-likeness (QED) is 0.662. The van der Waals surface area contributed by atoms with Gasteiger partial charge in [0.15, 0.2) is 0 Å². The molecule has 1 atom stereocenters. The minimum absolute atomic E-state index is 0.336. The Morgan fingerprint density at radius 1 is 1.47 bits per heavy atom. The van der Waals surface area contributed by atoms with Crippen LogP contribution >= 0.6 is 0 Å². The van der Waals surface area contributed by atoms with Gasteiger partial charge in [-0.05, 0) is 27.3 Å². The van der Waals surface area contributed by atoms with Crippen molar-refractivity contribution in [3.8, 4) is 0 Å². The Bertz CT molecular complexity index is 159. The SMILES string of the molecule is CC(C)N(C)CCNCC1CCOCO1. The average Bonchev–Trinajstić information content (AvgIpc) is 2.25. The molecular weight excluding hydrogens is 192 g/mol. The van der Waals surface area contributed by atoms with Gasteiger partial charge < -0.3 is 19.7 Å². The van der Waals surface area contributed by atoms with Crippen LogP contribution in [0, 0.1) is 0 Å². The van der Waals surface area contributed by atoms with Gasteiger partial charge in [-0.2, -0.15) is 0 Å². The maximum Gasteiger partial charge on any atom is 0.147 e. The van der Waals surface area contributed by atoms with Crippen molar-refractivity contribution in [3.63, 3.8) is 0 Å². The molecule has 90 valence electrons. The van der Waals surface area contributed by atoms with E-state index in [9.17, 15) is 0 Å². The van der Waals surface area contributed by atoms with Gasteiger partial charge in [0, 0.05) is 25.7 Å². The summed E-state index contributed by atoms with van der Waals surface area (Å²) in [6, 6.07) is 0.617. The molecule has 1 aliphatic rings. The Balaban J connectivity index is 1.96. The summed E-state index contributed by atoms with van der Waals surface area (Å²) in [6.45, 7) is 8.76. The Labute approximate surface area is 92.9 Å². The van der Waals surface area contributed by atoms with Crippen LogP contribution in [0.1, 0.15) is 20.3 Å². The topological polar surface area (TPSA) is 33.7 Å². The number of hydrogen-bond donors (Lipinski definition) is 1. The molecule has 4 heteroatoms. The molecule has 1 N–H and O–H groups in total. The molecule has 4 nitrogen and oxygen atoms in total. The van der Waals surface area contributed by atoms with Crippen molar-refractivity contribution in [1.29, 1.82) is 0 Å². The lowest BCUT2D eigenvalue weighted by Crippen LogP contribution is -2.38. The van der Waals surface area contributed by atoms with Gasteiger partial charge in [0.25, 0.3) is 0 Å². The molecule has 1 aliphatic heterocycles. The molecule has 0 saturated carbocycles. The molecular formula is C11H24N2O2. The lowest BCUT2D eigenvalue weighted by atomic mass is 10.2. The van der Waals surface area contributed by atoms with E-state index in [0.29, 0.717) is 18.9 Å². The van der Waals surface area contributed by atoms with Crippen molar-refractivity contribution in [1.82, 2.24) is 10.2 Å². The standard InChI is InChI=1S/C11H24N2O2/c1-10(2)13(3)6-5-12-8-11-4-7-14-9-15-11/h10-12H,4-9H2,1-3H3. The molecule has 0 radical (unpaired) electrons. The van der Waals surface area contributed by atoms with Gasteiger partial charge in [0.2, 0.25) is 0 Å². The van der Waals surface area contributed by atoms with Crippen LogP contribution < -0.4 is 5.32 Å². The highest BCUT2D eigenvalue weighted by Crippen LogP contribution is 2.04. The van der Waals surface area contributed by atoms with E-state index in [0.717, 1.165) is 32.7 Å². The number of likely N-dealkylation sites (N-methyl/N-ethyl adjacent to an activating group) is 1. The number of ether oxygens (including phenoxy) is 2. The van der Waals surface area contributed by atoms with Crippen LogP contribution in [0.3, 0.4) is 0 Å². The smallest absolute Gasteiger partial charge is 0.147 e. The van der Waals surface area contributed by atoms with E-state index in [-0.39, 0.29) is 0 Å². The highest BCUT2D eigenvalue weighted by atomic mass is 16.7. The fraction of sp³-hybridized carbons (Fsp3) is 1.00. The summed E-state index contributed by atoms with van der Waals surface area (Å²) in [5.41, 5.74) is 0. The van der Waals surface area contributed by atoms with E-state index in [1.54, 1.807) is 0 Å². The molecule has 1 rings (SSSR count). The molecule has 0 spiro atoms. The fourth-order valence-corrected chi connectivity index (χ4v) is 1.44. The van der Waals surface area contributed by atoms with Crippen molar-refractivity contribution < 1.29 is 9.47 Å². The summed E-state index contributed by atoms with van der Waals surface area (Å²) in [6.07, 6.45) is 1.34. The van der Waals surface area contributed by atoms with Crippen LogP contribution in [-0.2, 0) is 9.47 Å². The van der Waals surface area contributed by atoms with Gasteiger partial charge in [0.1, 0.15) is 6.79 Å². The first-order valence-electron chi connectivity index (χ1n) is 5.80. The first-order valence-corrected chi connectivity index (χ1v) is 5.80. The Kier molecular flexibility index (Phi) is 6.17. The minimum atomic E-state index is 0.336. The third kappa shape index (κ3) is 5.47. The van der Waals surface area contributed by atoms with Crippen LogP contribution in [0.25, 0.3) is 0 Å². The van der Waals surface area contributed by atoms with Crippen molar-refractivity contribution in [3.05, 3.63) is 0 Å². The molecule has 0 aromatic carbocycles. The maximum atomic E-state index is 5.43. The van der Waals surface area contributed by atoms with Crippen molar-refractivity contribution in [2.24, 2.45) is 0 Å². The average molecular weight is 216 g/mol. The predicted octanol–water partition coefficient (Wildman–Crippen LogP) is 0.679. The largest absolute Gasteiger partial charge is 0.355 e. The monoisotopic (exact) mass is 216 g/mol. The van der Waals surface area contributed by atoms with E-state index in [2.05, 4.69) is 31.1 Å². The number of rotatable bonds is 6. The molecule has 0 aliphatic carbocycles. The molecule has 0 aromatic rings. The maximum absolute atomic E-state index is 5.43. The summed E-state index contributed by atoms with van der Waals surface area (Å²) < 4.78 is 10.6. The van der Waals surface area contributed by atoms with Crippen LogP contribution in [0.15, 0.2) is 0 Å². The normalized spacial score (nSPS) is 22.6. The molecule has 1 unspecified atom stereocenters. The first kappa shape index (κ1) is 12.9. The first-order chi connectivity index (χ1) is 7.20. The molecule has 0 bridgehead atoms. The molecule has 15 heavy (non-hydrogen) atoms. The molecule has 0 aromatic heterocycles. The summed E-state index contributed by atoms with van der Waals surface area (Å²) in [5.74, 6) is 0. The lowest BCUT2D eigenvalue weighted by molar-refractivity contribution is -0.137. The molecule has 0 amide bonds. The third-order valence-corrected chi connectivity index (χ3v) is 2.87. The second-order valence-corrected chi connectivity index (χ2v) is 4.38. The summed E-state index contributed by atoms with van der Waals surface area (Å²) >= 11 is 0. The van der Waals surface area contributed by atoms with Gasteiger partial charge in [0.05, 0.1) is 12.7 Å². The minimum Gasteiger partial charge on any atom is -0.355 e. The summed E-state index contributed by atoms with van der Waals surface area (Å²) in [4.78, 5) is 2.33. The van der Waals surface area contributed by atoms with Gasteiger partial charge in [-0.3, -0.25) is 0 Å². The van der Waals surface area contributed by atoms with Crippen LogP contribution in [-0.4, -0.2) is 57.1 Å². The van der Waals surface area contributed by atoms with Crippen LogP contribution in [0.2, 0.25) is 0 Å². The zero-order chi connectivity index (χ0) is 11.1. The summed E-state index contributed by atoms with van der Waals surface area (Å²) in [7, 11) is 2.15. The van der Waals surface area contributed by atoms with Gasteiger partial charge in [-0.1, -0.05) is 0 Å². The van der Waals surface area contributed by atoms with Gasteiger partial charge in [-0.25, -0.2) is 0 Å². The second-order valence-electron chi connectivity index (χ2n) is 4.38. The van der Waals surface area contributed by atoms with E-state index in [4.69, 9.17) is 9.47 Å². The zero-order valence-corrected chi connectivity index (χ0v) is 10.2. The molecule has 1 fully saturated rings. The highest BCUT2D eigenvalue weighted by molar-refractivity contribution is 4.65. The van der Waals surface area contributed by atoms with Gasteiger partial charge >= 0.3 is 0 Å². The summed E-state index contributed by atoms with van der Waals surface area (Å²) in [5, 5.41) is 3.42. The van der Waals surface area contributed by atoms with E-state index >= 15 is 0 Å². The Hall–Kier alpha value is -0.160. The number of nitrogens with one attached hydrogen (secondary N) is 1. The Morgan fingerprint density at radius 2 is 2.27 bits per heavy atom. The number of nitrogens with zero attached hydrogens (tertiary/aromatic N) is 1.